The predicted molar refractivity (Wildman–Crippen MR) is 113 cm³/mol. The fourth-order valence-corrected chi connectivity index (χ4v) is 4.84. The quantitative estimate of drug-likeness (QED) is 0.555. The molecule has 7 nitrogen and oxygen atoms in total. The van der Waals surface area contributed by atoms with E-state index in [2.05, 4.69) is 22.0 Å². The lowest BCUT2D eigenvalue weighted by molar-refractivity contribution is -0.334. The van der Waals surface area contributed by atoms with Crippen molar-refractivity contribution in [3.63, 3.8) is 0 Å². The first kappa shape index (κ1) is 24.5. The Labute approximate surface area is 195 Å². The van der Waals surface area contributed by atoms with Crippen LogP contribution in [0.1, 0.15) is 44.1 Å². The van der Waals surface area contributed by atoms with Crippen LogP contribution >= 0.6 is 0 Å². The molecule has 0 spiro atoms. The number of urea groups is 1. The van der Waals surface area contributed by atoms with Gasteiger partial charge in [-0.1, -0.05) is 18.2 Å². The summed E-state index contributed by atoms with van der Waals surface area (Å²) in [4.78, 5) is 12.6. The number of carbonyl (C=O) groups is 1. The number of hydrogen-bond acceptors (Lipinski definition) is 5. The molecule has 186 valence electrons. The number of para-hydroxylation sites is 1. The number of halogens is 4. The zero-order valence-electron chi connectivity index (χ0n) is 18.5. The lowest BCUT2D eigenvalue weighted by atomic mass is 9.85. The summed E-state index contributed by atoms with van der Waals surface area (Å²) < 4.78 is 66.9. The maximum atomic E-state index is 14.3. The van der Waals surface area contributed by atoms with E-state index in [1.807, 2.05) is 0 Å². The molecule has 3 aliphatic rings. The molecule has 34 heavy (non-hydrogen) atoms. The second kappa shape index (κ2) is 9.96. The van der Waals surface area contributed by atoms with E-state index in [4.69, 9.17) is 14.7 Å². The van der Waals surface area contributed by atoms with E-state index in [9.17, 15) is 22.4 Å². The number of hydrogen-bond donors (Lipinski definition) is 3. The van der Waals surface area contributed by atoms with Crippen LogP contribution in [-0.2, 0) is 10.3 Å². The minimum Gasteiger partial charge on any atom is -0.473 e. The van der Waals surface area contributed by atoms with E-state index in [0.29, 0.717) is 25.8 Å². The molecule has 0 aromatic heterocycles. The molecule has 6 atom stereocenters. The smallest absolute Gasteiger partial charge is 0.421 e. The molecular weight excluding hydrogens is 456 g/mol. The highest BCUT2D eigenvalue weighted by atomic mass is 19.4. The highest BCUT2D eigenvalue weighted by molar-refractivity contribution is 5.74. The first-order valence-corrected chi connectivity index (χ1v) is 11.5. The van der Waals surface area contributed by atoms with E-state index in [0.717, 1.165) is 6.42 Å². The van der Waals surface area contributed by atoms with E-state index in [1.54, 1.807) is 6.07 Å². The van der Waals surface area contributed by atoms with Crippen molar-refractivity contribution in [2.45, 2.75) is 74.8 Å². The van der Waals surface area contributed by atoms with Crippen molar-refractivity contribution in [3.05, 3.63) is 29.8 Å². The second-order valence-electron chi connectivity index (χ2n) is 9.04. The lowest BCUT2D eigenvalue weighted by Gasteiger charge is -2.44. The van der Waals surface area contributed by atoms with Crippen molar-refractivity contribution < 1.29 is 31.8 Å². The van der Waals surface area contributed by atoms with Gasteiger partial charge in [0.1, 0.15) is 11.9 Å². The standard InChI is InChI=1S/C23H28F4N4O3/c24-16-12-14(13-28)7-8-17(16)30-21(32)31-18-5-3-10-29-20(18)34-19-6-2-1-4-15(19)22(9-11-33-22)23(25,26)27/h1-2,4,6,14,16-18,20,29H,3,5,7-12H2,(H2,30,31,32)/t14?,16?,17-,18-,20-,22+/m0/s1. The normalized spacial score (nSPS) is 33.8. The first-order chi connectivity index (χ1) is 16.2. The molecule has 2 saturated heterocycles. The Kier molecular flexibility index (Phi) is 7.19. The van der Waals surface area contributed by atoms with Gasteiger partial charge in [0, 0.05) is 17.9 Å². The number of benzene rings is 1. The Balaban J connectivity index is 1.43. The minimum atomic E-state index is -4.60. The molecule has 2 aliphatic heterocycles. The summed E-state index contributed by atoms with van der Waals surface area (Å²) in [6.07, 6.45) is -4.67. The summed E-state index contributed by atoms with van der Waals surface area (Å²) in [5.74, 6) is -0.319. The maximum absolute atomic E-state index is 14.3. The van der Waals surface area contributed by atoms with Gasteiger partial charge in [0.15, 0.2) is 11.8 Å². The third kappa shape index (κ3) is 4.93. The molecule has 1 aliphatic carbocycles. The number of amides is 2. The van der Waals surface area contributed by atoms with Crippen molar-refractivity contribution in [3.8, 4) is 11.8 Å². The van der Waals surface area contributed by atoms with Crippen LogP contribution in [0.3, 0.4) is 0 Å². The van der Waals surface area contributed by atoms with E-state index in [-0.39, 0.29) is 36.7 Å². The molecule has 11 heteroatoms. The van der Waals surface area contributed by atoms with Gasteiger partial charge in [-0.05, 0) is 44.7 Å². The lowest BCUT2D eigenvalue weighted by Crippen LogP contribution is -2.59. The first-order valence-electron chi connectivity index (χ1n) is 11.5. The van der Waals surface area contributed by atoms with Crippen molar-refractivity contribution in [1.29, 1.82) is 5.26 Å². The molecule has 2 heterocycles. The molecule has 3 N–H and O–H groups in total. The topological polar surface area (TPSA) is 95.4 Å². The van der Waals surface area contributed by atoms with E-state index in [1.165, 1.54) is 18.2 Å². The Morgan fingerprint density at radius 3 is 2.59 bits per heavy atom. The van der Waals surface area contributed by atoms with Crippen molar-refractivity contribution in [2.75, 3.05) is 13.2 Å². The van der Waals surface area contributed by atoms with E-state index < -0.39 is 42.3 Å². The zero-order valence-corrected chi connectivity index (χ0v) is 18.5. The molecule has 0 radical (unpaired) electrons. The number of carbonyl (C=O) groups excluding carboxylic acids is 1. The Morgan fingerprint density at radius 1 is 1.21 bits per heavy atom. The number of piperidine rings is 1. The largest absolute Gasteiger partial charge is 0.473 e. The third-order valence-corrected chi connectivity index (χ3v) is 6.83. The van der Waals surface area contributed by atoms with Gasteiger partial charge in [-0.2, -0.15) is 18.4 Å². The summed E-state index contributed by atoms with van der Waals surface area (Å²) in [5, 5.41) is 17.5. The molecule has 2 unspecified atom stereocenters. The van der Waals surface area contributed by atoms with Gasteiger partial charge in [-0.25, -0.2) is 9.18 Å². The van der Waals surface area contributed by atoms with Crippen LogP contribution in [0.4, 0.5) is 22.4 Å². The molecule has 1 aromatic rings. The van der Waals surface area contributed by atoms with Gasteiger partial charge in [0.05, 0.1) is 24.8 Å². The molecule has 2 amide bonds. The fraction of sp³-hybridized carbons (Fsp3) is 0.652. The summed E-state index contributed by atoms with van der Waals surface area (Å²) in [6.45, 7) is 0.573. The summed E-state index contributed by atoms with van der Waals surface area (Å²) in [6, 6.07) is 6.14. The molecule has 1 aromatic carbocycles. The molecular formula is C23H28F4N4O3. The average Bonchev–Trinajstić information content (AvgIpc) is 2.76. The van der Waals surface area contributed by atoms with Crippen LogP contribution in [0.25, 0.3) is 0 Å². The Morgan fingerprint density at radius 2 is 1.94 bits per heavy atom. The third-order valence-electron chi connectivity index (χ3n) is 6.83. The zero-order chi connectivity index (χ0) is 24.3. The number of nitrogens with zero attached hydrogens (tertiary/aromatic N) is 1. The highest BCUT2D eigenvalue weighted by Crippen LogP contribution is 2.52. The second-order valence-corrected chi connectivity index (χ2v) is 9.04. The van der Waals surface area contributed by atoms with Gasteiger partial charge in [0.2, 0.25) is 0 Å². The number of rotatable bonds is 5. The maximum Gasteiger partial charge on any atom is 0.421 e. The SMILES string of the molecule is N#CC1CC[C@H](NC(=O)N[C@H]2CCCN[C@H]2Oc2ccccc2[C@@]2(C(F)(F)F)CCO2)C(F)C1. The van der Waals surface area contributed by atoms with Crippen LogP contribution in [0.5, 0.6) is 5.75 Å². The van der Waals surface area contributed by atoms with E-state index >= 15 is 0 Å². The molecule has 4 rings (SSSR count). The van der Waals surface area contributed by atoms with Gasteiger partial charge in [-0.3, -0.25) is 5.32 Å². The number of ether oxygens (including phenoxy) is 2. The predicted octanol–water partition coefficient (Wildman–Crippen LogP) is 3.65. The number of nitrogens with one attached hydrogen (secondary N) is 3. The Bertz CT molecular complexity index is 918. The summed E-state index contributed by atoms with van der Waals surface area (Å²) >= 11 is 0. The monoisotopic (exact) mass is 484 g/mol. The van der Waals surface area contributed by atoms with Crippen LogP contribution in [0, 0.1) is 17.2 Å². The summed E-state index contributed by atoms with van der Waals surface area (Å²) in [7, 11) is 0. The van der Waals surface area contributed by atoms with Gasteiger partial charge >= 0.3 is 12.2 Å². The van der Waals surface area contributed by atoms with Gasteiger partial charge in [0.25, 0.3) is 0 Å². The van der Waals surface area contributed by atoms with Crippen LogP contribution in [0.15, 0.2) is 24.3 Å². The van der Waals surface area contributed by atoms with Crippen molar-refractivity contribution >= 4 is 6.03 Å². The summed E-state index contributed by atoms with van der Waals surface area (Å²) in [5.41, 5.74) is -2.50. The Hall–Kier alpha value is -2.58. The van der Waals surface area contributed by atoms with Crippen LogP contribution in [-0.4, -0.2) is 49.8 Å². The molecule has 1 saturated carbocycles. The number of alkyl halides is 4. The van der Waals surface area contributed by atoms with Crippen LogP contribution in [0.2, 0.25) is 0 Å². The minimum absolute atomic E-state index is 0.00568. The average molecular weight is 484 g/mol. The highest BCUT2D eigenvalue weighted by Gasteiger charge is 2.62. The van der Waals surface area contributed by atoms with Gasteiger partial charge in [-0.15, -0.1) is 0 Å². The van der Waals surface area contributed by atoms with Crippen molar-refractivity contribution in [1.82, 2.24) is 16.0 Å². The van der Waals surface area contributed by atoms with Crippen molar-refractivity contribution in [2.24, 2.45) is 5.92 Å². The number of nitriles is 1. The molecule has 3 fully saturated rings. The van der Waals surface area contributed by atoms with Gasteiger partial charge < -0.3 is 20.1 Å². The van der Waals surface area contributed by atoms with Crippen LogP contribution < -0.4 is 20.7 Å². The molecule has 0 bridgehead atoms. The fourth-order valence-electron chi connectivity index (χ4n) is 4.84.